The molecular weight excluding hydrogens is 240 g/mol. The van der Waals surface area contributed by atoms with Crippen LogP contribution in [0, 0.1) is 10.1 Å². The van der Waals surface area contributed by atoms with Gasteiger partial charge < -0.3 is 9.84 Å². The molecule has 0 aliphatic rings. The van der Waals surface area contributed by atoms with Gasteiger partial charge in [-0.2, -0.15) is 0 Å². The normalized spacial score (nSPS) is 10.5. The molecule has 7 heteroatoms. The van der Waals surface area contributed by atoms with Gasteiger partial charge in [0, 0.05) is 23.9 Å². The molecule has 7 nitrogen and oxygen atoms in total. The SMILES string of the molecule is CCOC(=O)CN=Cc1cc([N+](=O)[O-])ccc1O. The molecule has 18 heavy (non-hydrogen) atoms. The number of phenols is 1. The maximum absolute atomic E-state index is 11.0. The number of aliphatic imine (C=N–C) groups is 1. The summed E-state index contributed by atoms with van der Waals surface area (Å²) in [6, 6.07) is 3.55. The van der Waals surface area contributed by atoms with E-state index < -0.39 is 10.9 Å². The molecule has 0 atom stereocenters. The van der Waals surface area contributed by atoms with E-state index in [1.165, 1.54) is 24.4 Å². The van der Waals surface area contributed by atoms with Crippen molar-refractivity contribution in [3.05, 3.63) is 33.9 Å². The summed E-state index contributed by atoms with van der Waals surface area (Å²) in [5.41, 5.74) is 0.0129. The lowest BCUT2D eigenvalue weighted by atomic mass is 10.2. The fourth-order valence-corrected chi connectivity index (χ4v) is 1.18. The first kappa shape index (κ1) is 13.6. The van der Waals surface area contributed by atoms with E-state index in [9.17, 15) is 20.0 Å². The number of hydrogen-bond acceptors (Lipinski definition) is 6. The summed E-state index contributed by atoms with van der Waals surface area (Å²) in [6.45, 7) is 1.74. The molecule has 0 heterocycles. The molecule has 1 rings (SSSR count). The van der Waals surface area contributed by atoms with Gasteiger partial charge in [0.2, 0.25) is 0 Å². The van der Waals surface area contributed by atoms with Crippen LogP contribution in [0.2, 0.25) is 0 Å². The van der Waals surface area contributed by atoms with Gasteiger partial charge in [0.15, 0.2) is 0 Å². The summed E-state index contributed by atoms with van der Waals surface area (Å²) in [7, 11) is 0. The van der Waals surface area contributed by atoms with Gasteiger partial charge in [-0.05, 0) is 13.0 Å². The van der Waals surface area contributed by atoms with Crippen LogP contribution in [0.1, 0.15) is 12.5 Å². The maximum Gasteiger partial charge on any atom is 0.327 e. The second-order valence-corrected chi connectivity index (χ2v) is 3.28. The van der Waals surface area contributed by atoms with Crippen LogP contribution >= 0.6 is 0 Å². The second kappa shape index (κ2) is 6.33. The van der Waals surface area contributed by atoms with Gasteiger partial charge in [0.05, 0.1) is 11.5 Å². The number of nitrogens with zero attached hydrogens (tertiary/aromatic N) is 2. The van der Waals surface area contributed by atoms with Crippen LogP contribution in [0.5, 0.6) is 5.75 Å². The molecule has 1 aromatic carbocycles. The van der Waals surface area contributed by atoms with E-state index in [-0.39, 0.29) is 30.2 Å². The Kier molecular flexibility index (Phi) is 4.79. The van der Waals surface area contributed by atoms with Crippen molar-refractivity contribution < 1.29 is 19.6 Å². The van der Waals surface area contributed by atoms with E-state index in [0.29, 0.717) is 0 Å². The Hall–Kier alpha value is -2.44. The number of esters is 1. The lowest BCUT2D eigenvalue weighted by molar-refractivity contribution is -0.384. The van der Waals surface area contributed by atoms with Crippen molar-refractivity contribution >= 4 is 17.9 Å². The van der Waals surface area contributed by atoms with Crippen LogP contribution in [-0.4, -0.2) is 35.4 Å². The van der Waals surface area contributed by atoms with Gasteiger partial charge in [-0.15, -0.1) is 0 Å². The van der Waals surface area contributed by atoms with Crippen LogP contribution in [0.15, 0.2) is 23.2 Å². The van der Waals surface area contributed by atoms with Crippen LogP contribution < -0.4 is 0 Å². The monoisotopic (exact) mass is 252 g/mol. The average molecular weight is 252 g/mol. The van der Waals surface area contributed by atoms with Gasteiger partial charge in [-0.3, -0.25) is 19.9 Å². The molecule has 0 aliphatic heterocycles. The molecule has 0 saturated heterocycles. The lowest BCUT2D eigenvalue weighted by Crippen LogP contribution is -2.07. The molecule has 0 fully saturated rings. The van der Waals surface area contributed by atoms with Crippen molar-refractivity contribution in [2.45, 2.75) is 6.92 Å². The molecule has 96 valence electrons. The summed E-state index contributed by atoms with van der Waals surface area (Å²) < 4.78 is 4.65. The summed E-state index contributed by atoms with van der Waals surface area (Å²) in [4.78, 5) is 24.7. The van der Waals surface area contributed by atoms with E-state index in [4.69, 9.17) is 0 Å². The molecule has 0 bridgehead atoms. The molecule has 0 radical (unpaired) electrons. The Morgan fingerprint density at radius 3 is 2.94 bits per heavy atom. The molecule has 0 unspecified atom stereocenters. The largest absolute Gasteiger partial charge is 0.507 e. The zero-order valence-electron chi connectivity index (χ0n) is 9.70. The summed E-state index contributed by atoms with van der Waals surface area (Å²) in [6.07, 6.45) is 1.19. The van der Waals surface area contributed by atoms with Gasteiger partial charge in [-0.1, -0.05) is 0 Å². The van der Waals surface area contributed by atoms with Crippen LogP contribution in [0.4, 0.5) is 5.69 Å². The number of hydrogen-bond donors (Lipinski definition) is 1. The Labute approximate surface area is 103 Å². The number of nitro benzene ring substituents is 1. The summed E-state index contributed by atoms with van der Waals surface area (Å²) in [5, 5.41) is 20.0. The van der Waals surface area contributed by atoms with Gasteiger partial charge in [0.25, 0.3) is 5.69 Å². The first-order valence-electron chi connectivity index (χ1n) is 5.17. The fraction of sp³-hybridized carbons (Fsp3) is 0.273. The third kappa shape index (κ3) is 3.85. The zero-order valence-corrected chi connectivity index (χ0v) is 9.70. The number of carbonyl (C=O) groups is 1. The minimum atomic E-state index is -0.581. The number of carbonyl (C=O) groups excluding carboxylic acids is 1. The molecule has 0 aliphatic carbocycles. The number of ether oxygens (including phenoxy) is 1. The Morgan fingerprint density at radius 2 is 2.33 bits per heavy atom. The highest BCUT2D eigenvalue weighted by Crippen LogP contribution is 2.21. The van der Waals surface area contributed by atoms with Crippen molar-refractivity contribution in [2.24, 2.45) is 4.99 Å². The highest BCUT2D eigenvalue weighted by Gasteiger charge is 2.08. The Morgan fingerprint density at radius 1 is 1.61 bits per heavy atom. The second-order valence-electron chi connectivity index (χ2n) is 3.28. The van der Waals surface area contributed by atoms with Crippen molar-refractivity contribution in [1.29, 1.82) is 0 Å². The topological polar surface area (TPSA) is 102 Å². The van der Waals surface area contributed by atoms with Crippen molar-refractivity contribution in [3.63, 3.8) is 0 Å². The van der Waals surface area contributed by atoms with E-state index in [1.54, 1.807) is 6.92 Å². The summed E-state index contributed by atoms with van der Waals surface area (Å²) in [5.74, 6) is -0.646. The third-order valence-corrected chi connectivity index (χ3v) is 1.98. The third-order valence-electron chi connectivity index (χ3n) is 1.98. The van der Waals surface area contributed by atoms with Gasteiger partial charge in [-0.25, -0.2) is 0 Å². The predicted octanol–water partition coefficient (Wildman–Crippen LogP) is 1.28. The number of benzene rings is 1. The van der Waals surface area contributed by atoms with E-state index in [2.05, 4.69) is 9.73 Å². The molecule has 0 amide bonds. The Bertz CT molecular complexity index is 484. The molecular formula is C11H12N2O5. The lowest BCUT2D eigenvalue weighted by Gasteiger charge is -1.99. The van der Waals surface area contributed by atoms with Gasteiger partial charge in [0.1, 0.15) is 12.3 Å². The average Bonchev–Trinajstić information content (AvgIpc) is 2.31. The smallest absolute Gasteiger partial charge is 0.327 e. The predicted molar refractivity (Wildman–Crippen MR) is 63.9 cm³/mol. The van der Waals surface area contributed by atoms with Crippen molar-refractivity contribution in [1.82, 2.24) is 0 Å². The highest BCUT2D eigenvalue weighted by atomic mass is 16.6. The molecule has 0 spiro atoms. The van der Waals surface area contributed by atoms with Crippen molar-refractivity contribution in [3.8, 4) is 5.75 Å². The number of rotatable bonds is 5. The number of non-ortho nitro benzene ring substituents is 1. The van der Waals surface area contributed by atoms with Crippen LogP contribution in [0.25, 0.3) is 0 Å². The molecule has 0 aromatic heterocycles. The quantitative estimate of drug-likeness (QED) is 0.368. The van der Waals surface area contributed by atoms with E-state index in [1.807, 2.05) is 0 Å². The minimum Gasteiger partial charge on any atom is -0.507 e. The maximum atomic E-state index is 11.0. The molecule has 1 N–H and O–H groups in total. The van der Waals surface area contributed by atoms with Crippen LogP contribution in [0.3, 0.4) is 0 Å². The standard InChI is InChI=1S/C11H12N2O5/c1-2-18-11(15)7-12-6-8-5-9(13(16)17)3-4-10(8)14/h3-6,14H,2,7H2,1H3. The minimum absolute atomic E-state index is 0.145. The van der Waals surface area contributed by atoms with Gasteiger partial charge >= 0.3 is 5.97 Å². The number of phenolic OH excluding ortho intramolecular Hbond substituents is 1. The first-order chi connectivity index (χ1) is 8.54. The summed E-state index contributed by atoms with van der Waals surface area (Å²) >= 11 is 0. The van der Waals surface area contributed by atoms with E-state index >= 15 is 0 Å². The number of aromatic hydroxyl groups is 1. The molecule has 1 aromatic rings. The number of nitro groups is 1. The highest BCUT2D eigenvalue weighted by molar-refractivity contribution is 5.86. The fourth-order valence-electron chi connectivity index (χ4n) is 1.18. The molecule has 0 saturated carbocycles. The van der Waals surface area contributed by atoms with Crippen molar-refractivity contribution in [2.75, 3.05) is 13.2 Å². The Balaban J connectivity index is 2.77. The first-order valence-corrected chi connectivity index (χ1v) is 5.17. The van der Waals surface area contributed by atoms with Crippen LogP contribution in [-0.2, 0) is 9.53 Å². The zero-order chi connectivity index (χ0) is 13.5. The van der Waals surface area contributed by atoms with E-state index in [0.717, 1.165) is 0 Å².